The standard InChI is InChI=1S/C14H21FN2O3S/c1-16-10-11-3-4-13(15)14(9-11)21(18,19)17(2)12-5-7-20-8-6-12/h3-4,9,12,16H,5-8,10H2,1-2H3. The van der Waals surface area contributed by atoms with Crippen LogP contribution in [-0.2, 0) is 21.3 Å². The topological polar surface area (TPSA) is 58.6 Å². The van der Waals surface area contributed by atoms with Crippen LogP contribution in [-0.4, -0.2) is 46.1 Å². The minimum atomic E-state index is -3.84. The minimum Gasteiger partial charge on any atom is -0.381 e. The molecule has 1 fully saturated rings. The molecule has 5 nitrogen and oxygen atoms in total. The Bertz CT molecular complexity index is 586. The van der Waals surface area contributed by atoms with Gasteiger partial charge in [0.05, 0.1) is 0 Å². The van der Waals surface area contributed by atoms with Gasteiger partial charge in [0.2, 0.25) is 10.0 Å². The smallest absolute Gasteiger partial charge is 0.245 e. The normalized spacial score (nSPS) is 17.3. The molecule has 7 heteroatoms. The van der Waals surface area contributed by atoms with Gasteiger partial charge in [-0.3, -0.25) is 0 Å². The van der Waals surface area contributed by atoms with Crippen molar-refractivity contribution in [1.29, 1.82) is 0 Å². The summed E-state index contributed by atoms with van der Waals surface area (Å²) >= 11 is 0. The van der Waals surface area contributed by atoms with Gasteiger partial charge >= 0.3 is 0 Å². The van der Waals surface area contributed by atoms with Crippen molar-refractivity contribution < 1.29 is 17.5 Å². The van der Waals surface area contributed by atoms with Gasteiger partial charge in [-0.05, 0) is 37.6 Å². The van der Waals surface area contributed by atoms with Crippen molar-refractivity contribution in [2.24, 2.45) is 0 Å². The number of nitrogens with zero attached hydrogens (tertiary/aromatic N) is 1. The highest BCUT2D eigenvalue weighted by atomic mass is 32.2. The molecule has 1 aromatic carbocycles. The SMILES string of the molecule is CNCc1ccc(F)c(S(=O)(=O)N(C)C2CCOCC2)c1. The van der Waals surface area contributed by atoms with E-state index in [1.807, 2.05) is 0 Å². The summed E-state index contributed by atoms with van der Waals surface area (Å²) in [7, 11) is -0.570. The van der Waals surface area contributed by atoms with Gasteiger partial charge in [0.1, 0.15) is 10.7 Å². The Balaban J connectivity index is 2.31. The van der Waals surface area contributed by atoms with Crippen molar-refractivity contribution in [2.45, 2.75) is 30.3 Å². The Morgan fingerprint density at radius 2 is 2.05 bits per heavy atom. The second kappa shape index (κ2) is 6.83. The molecule has 1 aliphatic heterocycles. The summed E-state index contributed by atoms with van der Waals surface area (Å²) in [5.41, 5.74) is 0.734. The van der Waals surface area contributed by atoms with Crippen LogP contribution in [0.25, 0.3) is 0 Å². The van der Waals surface area contributed by atoms with Crippen molar-refractivity contribution in [2.75, 3.05) is 27.3 Å². The highest BCUT2D eigenvalue weighted by Crippen LogP contribution is 2.24. The van der Waals surface area contributed by atoms with Crippen molar-refractivity contribution in [1.82, 2.24) is 9.62 Å². The van der Waals surface area contributed by atoms with E-state index in [0.717, 1.165) is 5.56 Å². The molecule has 0 saturated carbocycles. The second-order valence-corrected chi connectivity index (χ2v) is 7.13. The zero-order chi connectivity index (χ0) is 15.5. The molecule has 0 aromatic heterocycles. The molecule has 0 amide bonds. The third-order valence-electron chi connectivity index (χ3n) is 3.74. The molecule has 1 heterocycles. The van der Waals surface area contributed by atoms with Crippen LogP contribution < -0.4 is 5.32 Å². The zero-order valence-corrected chi connectivity index (χ0v) is 13.1. The summed E-state index contributed by atoms with van der Waals surface area (Å²) in [5.74, 6) is -0.714. The van der Waals surface area contributed by atoms with Crippen LogP contribution in [0.3, 0.4) is 0 Å². The number of sulfonamides is 1. The summed E-state index contributed by atoms with van der Waals surface area (Å²) in [6.45, 7) is 1.56. The van der Waals surface area contributed by atoms with Crippen molar-refractivity contribution >= 4 is 10.0 Å². The molecule has 0 bridgehead atoms. The number of nitrogens with one attached hydrogen (secondary N) is 1. The Kier molecular flexibility index (Phi) is 5.32. The average molecular weight is 316 g/mol. The average Bonchev–Trinajstić information content (AvgIpc) is 2.49. The first-order valence-corrected chi connectivity index (χ1v) is 8.39. The van der Waals surface area contributed by atoms with E-state index in [1.54, 1.807) is 13.1 Å². The van der Waals surface area contributed by atoms with E-state index in [4.69, 9.17) is 4.74 Å². The van der Waals surface area contributed by atoms with Crippen LogP contribution in [0.4, 0.5) is 4.39 Å². The highest BCUT2D eigenvalue weighted by Gasteiger charge is 2.31. The molecule has 118 valence electrons. The summed E-state index contributed by atoms with van der Waals surface area (Å²) < 4.78 is 45.8. The van der Waals surface area contributed by atoms with Gasteiger partial charge in [0, 0.05) is 32.8 Å². The Morgan fingerprint density at radius 1 is 1.38 bits per heavy atom. The predicted octanol–water partition coefficient (Wildman–Crippen LogP) is 1.34. The van der Waals surface area contributed by atoms with Crippen LogP contribution in [0.1, 0.15) is 18.4 Å². The van der Waals surface area contributed by atoms with E-state index < -0.39 is 15.8 Å². The molecule has 1 aliphatic rings. The van der Waals surface area contributed by atoms with Crippen LogP contribution in [0.2, 0.25) is 0 Å². The Morgan fingerprint density at radius 3 is 2.67 bits per heavy atom. The molecule has 0 atom stereocenters. The number of hydrogen-bond donors (Lipinski definition) is 1. The fourth-order valence-corrected chi connectivity index (χ4v) is 3.99. The van der Waals surface area contributed by atoms with E-state index >= 15 is 0 Å². The monoisotopic (exact) mass is 316 g/mol. The van der Waals surface area contributed by atoms with Gasteiger partial charge in [-0.1, -0.05) is 6.07 Å². The van der Waals surface area contributed by atoms with E-state index in [1.165, 1.54) is 23.5 Å². The quantitative estimate of drug-likeness (QED) is 0.891. The molecule has 0 radical (unpaired) electrons. The lowest BCUT2D eigenvalue weighted by Crippen LogP contribution is -2.40. The third-order valence-corrected chi connectivity index (χ3v) is 5.66. The molecule has 1 N–H and O–H groups in total. The van der Waals surface area contributed by atoms with Crippen LogP contribution in [0.15, 0.2) is 23.1 Å². The van der Waals surface area contributed by atoms with E-state index in [2.05, 4.69) is 5.32 Å². The minimum absolute atomic E-state index is 0.142. The maximum absolute atomic E-state index is 14.0. The molecule has 0 unspecified atom stereocenters. The Labute approximate surface area is 125 Å². The maximum atomic E-state index is 14.0. The number of benzene rings is 1. The first-order valence-electron chi connectivity index (χ1n) is 6.95. The molecular weight excluding hydrogens is 295 g/mol. The van der Waals surface area contributed by atoms with Gasteiger partial charge in [0.25, 0.3) is 0 Å². The van der Waals surface area contributed by atoms with Gasteiger partial charge in [0.15, 0.2) is 0 Å². The molecular formula is C14H21FN2O3S. The lowest BCUT2D eigenvalue weighted by Gasteiger charge is -2.30. The number of halogens is 1. The van der Waals surface area contributed by atoms with E-state index in [9.17, 15) is 12.8 Å². The van der Waals surface area contributed by atoms with Crippen molar-refractivity contribution in [3.05, 3.63) is 29.6 Å². The van der Waals surface area contributed by atoms with E-state index in [0.29, 0.717) is 32.6 Å². The summed E-state index contributed by atoms with van der Waals surface area (Å²) in [6.07, 6.45) is 1.26. The lowest BCUT2D eigenvalue weighted by molar-refractivity contribution is 0.0631. The lowest BCUT2D eigenvalue weighted by atomic mass is 10.1. The first-order chi connectivity index (χ1) is 9.96. The molecule has 21 heavy (non-hydrogen) atoms. The van der Waals surface area contributed by atoms with Crippen molar-refractivity contribution in [3.63, 3.8) is 0 Å². The Hall–Kier alpha value is -1.02. The summed E-state index contributed by atoms with van der Waals surface area (Å²) in [4.78, 5) is -0.260. The van der Waals surface area contributed by atoms with E-state index in [-0.39, 0.29) is 10.9 Å². The fraction of sp³-hybridized carbons (Fsp3) is 0.571. The zero-order valence-electron chi connectivity index (χ0n) is 12.3. The van der Waals surface area contributed by atoms with Gasteiger partial charge in [-0.15, -0.1) is 0 Å². The van der Waals surface area contributed by atoms with Crippen molar-refractivity contribution in [3.8, 4) is 0 Å². The second-order valence-electron chi connectivity index (χ2n) is 5.16. The molecule has 1 saturated heterocycles. The maximum Gasteiger partial charge on any atom is 0.245 e. The van der Waals surface area contributed by atoms with Crippen LogP contribution >= 0.6 is 0 Å². The number of ether oxygens (including phenoxy) is 1. The summed E-state index contributed by atoms with van der Waals surface area (Å²) in [6, 6.07) is 4.05. The van der Waals surface area contributed by atoms with Gasteiger partial charge < -0.3 is 10.1 Å². The molecule has 0 aliphatic carbocycles. The van der Waals surface area contributed by atoms with Crippen LogP contribution in [0, 0.1) is 5.82 Å². The van der Waals surface area contributed by atoms with Gasteiger partial charge in [-0.25, -0.2) is 12.8 Å². The highest BCUT2D eigenvalue weighted by molar-refractivity contribution is 7.89. The number of rotatable bonds is 5. The molecule has 0 spiro atoms. The van der Waals surface area contributed by atoms with Crippen LogP contribution in [0.5, 0.6) is 0 Å². The number of hydrogen-bond acceptors (Lipinski definition) is 4. The molecule has 1 aromatic rings. The summed E-state index contributed by atoms with van der Waals surface area (Å²) in [5, 5.41) is 2.93. The fourth-order valence-electron chi connectivity index (χ4n) is 2.46. The predicted molar refractivity (Wildman–Crippen MR) is 78.0 cm³/mol. The largest absolute Gasteiger partial charge is 0.381 e. The van der Waals surface area contributed by atoms with Gasteiger partial charge in [-0.2, -0.15) is 4.31 Å². The first kappa shape index (κ1) is 16.4. The molecule has 2 rings (SSSR count). The third kappa shape index (κ3) is 3.60.